The summed E-state index contributed by atoms with van der Waals surface area (Å²) in [5.41, 5.74) is 0.639. The van der Waals surface area contributed by atoms with Crippen LogP contribution in [0, 0.1) is 11.3 Å². The maximum atomic E-state index is 12.0. The zero-order valence-corrected chi connectivity index (χ0v) is 12.2. The van der Waals surface area contributed by atoms with E-state index in [9.17, 15) is 14.7 Å². The largest absolute Gasteiger partial charge is 0.426 e. The Balaban J connectivity index is 3.12. The van der Waals surface area contributed by atoms with Gasteiger partial charge in [0.2, 0.25) is 0 Å². The molecule has 1 atom stereocenters. The summed E-state index contributed by atoms with van der Waals surface area (Å²) in [5.74, 6) is -0.462. The molecule has 4 nitrogen and oxygen atoms in total. The highest BCUT2D eigenvalue weighted by Crippen LogP contribution is 2.30. The van der Waals surface area contributed by atoms with E-state index in [1.807, 2.05) is 13.8 Å². The number of hydrogen-bond donors (Lipinski definition) is 1. The fourth-order valence-electron chi connectivity index (χ4n) is 1.81. The van der Waals surface area contributed by atoms with E-state index < -0.39 is 5.41 Å². The van der Waals surface area contributed by atoms with Gasteiger partial charge in [0.1, 0.15) is 5.76 Å². The van der Waals surface area contributed by atoms with Gasteiger partial charge in [0.05, 0.1) is 11.0 Å². The normalized spacial score (nSPS) is 20.1. The monoisotopic (exact) mass is 266 g/mol. The van der Waals surface area contributed by atoms with Crippen molar-refractivity contribution in [3.63, 3.8) is 0 Å². The first kappa shape index (κ1) is 15.6. The molecular formula is C15H22O4. The van der Waals surface area contributed by atoms with Gasteiger partial charge in [0.15, 0.2) is 5.78 Å². The van der Waals surface area contributed by atoms with Gasteiger partial charge in [-0.25, -0.2) is 0 Å². The van der Waals surface area contributed by atoms with E-state index in [-0.39, 0.29) is 36.5 Å². The van der Waals surface area contributed by atoms with Crippen molar-refractivity contribution in [2.75, 3.05) is 6.61 Å². The van der Waals surface area contributed by atoms with Gasteiger partial charge in [-0.1, -0.05) is 5.57 Å². The van der Waals surface area contributed by atoms with Crippen LogP contribution in [0.3, 0.4) is 0 Å². The molecule has 0 saturated heterocycles. The number of hydrogen-bond acceptors (Lipinski definition) is 4. The quantitative estimate of drug-likeness (QED) is 0.615. The van der Waals surface area contributed by atoms with Crippen LogP contribution >= 0.6 is 0 Å². The second kappa shape index (κ2) is 5.70. The first-order chi connectivity index (χ1) is 8.66. The molecule has 1 rings (SSSR count). The summed E-state index contributed by atoms with van der Waals surface area (Å²) in [7, 11) is 0. The minimum absolute atomic E-state index is 0.0849. The number of ether oxygens (including phenoxy) is 1. The second-order valence-corrected chi connectivity index (χ2v) is 6.12. The summed E-state index contributed by atoms with van der Waals surface area (Å²) in [6.45, 7) is 8.76. The van der Waals surface area contributed by atoms with Crippen LogP contribution in [0.15, 0.2) is 23.0 Å². The fraction of sp³-hybridized carbons (Fsp3) is 0.600. The Labute approximate surface area is 114 Å². The van der Waals surface area contributed by atoms with E-state index in [0.717, 1.165) is 5.57 Å². The van der Waals surface area contributed by atoms with E-state index in [1.165, 1.54) is 0 Å². The lowest BCUT2D eigenvalue weighted by Gasteiger charge is -2.24. The molecule has 1 aliphatic rings. The second-order valence-electron chi connectivity index (χ2n) is 6.12. The topological polar surface area (TPSA) is 63.6 Å². The molecule has 0 aromatic heterocycles. The molecule has 0 aromatic rings. The predicted molar refractivity (Wildman–Crippen MR) is 72.2 cm³/mol. The molecule has 1 N–H and O–H groups in total. The lowest BCUT2D eigenvalue weighted by Crippen LogP contribution is -2.27. The number of aliphatic hydroxyl groups is 1. The van der Waals surface area contributed by atoms with E-state index in [1.54, 1.807) is 26.8 Å². The Morgan fingerprint density at radius 2 is 2.00 bits per heavy atom. The molecule has 0 spiro atoms. The Morgan fingerprint density at radius 1 is 1.42 bits per heavy atom. The number of aliphatic hydroxyl groups excluding tert-OH is 1. The number of esters is 1. The van der Waals surface area contributed by atoms with Crippen LogP contribution in [0.1, 0.15) is 41.0 Å². The molecule has 0 amide bonds. The summed E-state index contributed by atoms with van der Waals surface area (Å²) in [5, 5.41) is 9.19. The van der Waals surface area contributed by atoms with Gasteiger partial charge in [-0.05, 0) is 40.7 Å². The summed E-state index contributed by atoms with van der Waals surface area (Å²) >= 11 is 0. The van der Waals surface area contributed by atoms with Crippen molar-refractivity contribution >= 4 is 11.8 Å². The van der Waals surface area contributed by atoms with Crippen molar-refractivity contribution in [3.8, 4) is 0 Å². The van der Waals surface area contributed by atoms with Crippen LogP contribution in [0.2, 0.25) is 0 Å². The van der Waals surface area contributed by atoms with Crippen LogP contribution in [0.5, 0.6) is 0 Å². The highest BCUT2D eigenvalue weighted by molar-refractivity contribution is 6.01. The molecular weight excluding hydrogens is 244 g/mol. The summed E-state index contributed by atoms with van der Waals surface area (Å²) < 4.78 is 5.36. The molecule has 0 aliphatic heterocycles. The van der Waals surface area contributed by atoms with Crippen LogP contribution in [0.25, 0.3) is 0 Å². The molecule has 0 radical (unpaired) electrons. The highest BCUT2D eigenvalue weighted by atomic mass is 16.5. The van der Waals surface area contributed by atoms with Crippen molar-refractivity contribution in [1.82, 2.24) is 0 Å². The number of rotatable bonds is 2. The van der Waals surface area contributed by atoms with Gasteiger partial charge in [-0.2, -0.15) is 0 Å². The van der Waals surface area contributed by atoms with Crippen LogP contribution in [-0.2, 0) is 14.3 Å². The smallest absolute Gasteiger partial charge is 0.316 e. The van der Waals surface area contributed by atoms with E-state index >= 15 is 0 Å². The van der Waals surface area contributed by atoms with Gasteiger partial charge in [0, 0.05) is 18.9 Å². The highest BCUT2D eigenvalue weighted by Gasteiger charge is 2.31. The summed E-state index contributed by atoms with van der Waals surface area (Å²) in [6, 6.07) is 0. The van der Waals surface area contributed by atoms with Crippen molar-refractivity contribution in [2.45, 2.75) is 41.0 Å². The van der Waals surface area contributed by atoms with Gasteiger partial charge in [-0.15, -0.1) is 0 Å². The van der Waals surface area contributed by atoms with E-state index in [0.29, 0.717) is 5.57 Å². The fourth-order valence-corrected chi connectivity index (χ4v) is 1.81. The minimum Gasteiger partial charge on any atom is -0.426 e. The number of Topliss-reactive ketones (excluding diaryl/α,β-unsaturated/α-hetero) is 1. The predicted octanol–water partition coefficient (Wildman–Crippen LogP) is 2.38. The maximum Gasteiger partial charge on any atom is 0.316 e. The molecule has 1 aliphatic carbocycles. The molecule has 0 aromatic carbocycles. The standard InChI is InChI=1S/C15H22O4/c1-9(2)13-11(17)6-10(8-16)7-12(13)19-14(18)15(3,4)5/h7,10,16H,6,8H2,1-5H3. The van der Waals surface area contributed by atoms with Crippen molar-refractivity contribution in [3.05, 3.63) is 23.0 Å². The lowest BCUT2D eigenvalue weighted by molar-refractivity contribution is -0.148. The average molecular weight is 266 g/mol. The Morgan fingerprint density at radius 3 is 2.42 bits per heavy atom. The molecule has 0 bridgehead atoms. The zero-order valence-electron chi connectivity index (χ0n) is 12.2. The molecule has 0 fully saturated rings. The van der Waals surface area contributed by atoms with Gasteiger partial charge >= 0.3 is 5.97 Å². The van der Waals surface area contributed by atoms with Crippen LogP contribution in [0.4, 0.5) is 0 Å². The summed E-state index contributed by atoms with van der Waals surface area (Å²) in [6.07, 6.45) is 1.93. The number of carbonyl (C=O) groups excluding carboxylic acids is 2. The van der Waals surface area contributed by atoms with Gasteiger partial charge < -0.3 is 9.84 Å². The first-order valence-corrected chi connectivity index (χ1v) is 6.42. The minimum atomic E-state index is -0.636. The third-order valence-electron chi connectivity index (χ3n) is 2.91. The molecule has 4 heteroatoms. The van der Waals surface area contributed by atoms with Crippen LogP contribution < -0.4 is 0 Å². The molecule has 0 saturated carbocycles. The number of ketones is 1. The van der Waals surface area contributed by atoms with Gasteiger partial charge in [0.25, 0.3) is 0 Å². The first-order valence-electron chi connectivity index (χ1n) is 6.42. The zero-order chi connectivity index (χ0) is 14.8. The van der Waals surface area contributed by atoms with E-state index in [4.69, 9.17) is 4.74 Å². The van der Waals surface area contributed by atoms with E-state index in [2.05, 4.69) is 0 Å². The number of carbonyl (C=O) groups is 2. The number of allylic oxidation sites excluding steroid dienone is 2. The molecule has 0 heterocycles. The SMILES string of the molecule is CC(C)=C1C(=O)CC(CO)C=C1OC(=O)C(C)(C)C. The van der Waals surface area contributed by atoms with Gasteiger partial charge in [-0.3, -0.25) is 9.59 Å². The molecule has 106 valence electrons. The molecule has 1 unspecified atom stereocenters. The van der Waals surface area contributed by atoms with Crippen LogP contribution in [-0.4, -0.2) is 23.5 Å². The maximum absolute atomic E-state index is 12.0. The summed E-state index contributed by atoms with van der Waals surface area (Å²) in [4.78, 5) is 24.0. The average Bonchev–Trinajstić information content (AvgIpc) is 2.26. The Hall–Kier alpha value is -1.42. The molecule has 19 heavy (non-hydrogen) atoms. The Bertz CT molecular complexity index is 445. The van der Waals surface area contributed by atoms with Crippen molar-refractivity contribution in [2.24, 2.45) is 11.3 Å². The third kappa shape index (κ3) is 3.77. The van der Waals surface area contributed by atoms with Crippen molar-refractivity contribution < 1.29 is 19.4 Å². The lowest BCUT2D eigenvalue weighted by atomic mass is 9.88. The third-order valence-corrected chi connectivity index (χ3v) is 2.91. The van der Waals surface area contributed by atoms with Crippen molar-refractivity contribution in [1.29, 1.82) is 0 Å². The Kier molecular flexibility index (Phi) is 4.69.